The number of carbonyl (C=O) groups excluding carboxylic acids is 1. The second-order valence-corrected chi connectivity index (χ2v) is 8.66. The van der Waals surface area contributed by atoms with Crippen molar-refractivity contribution in [1.29, 1.82) is 0 Å². The molecular formula is C17H21N3O2S2. The fourth-order valence-electron chi connectivity index (χ4n) is 3.70. The average Bonchev–Trinajstić information content (AvgIpc) is 3.23. The maximum atomic E-state index is 12.4. The Balaban J connectivity index is 1.38. The zero-order chi connectivity index (χ0) is 16.5. The van der Waals surface area contributed by atoms with Gasteiger partial charge in [0.2, 0.25) is 5.91 Å². The molecule has 5 nitrogen and oxygen atoms in total. The number of aromatic nitrogens is 2. The van der Waals surface area contributed by atoms with Crippen LogP contribution in [0.3, 0.4) is 0 Å². The van der Waals surface area contributed by atoms with Gasteiger partial charge in [-0.1, -0.05) is 12.8 Å². The summed E-state index contributed by atoms with van der Waals surface area (Å²) in [6.45, 7) is 0. The molecule has 1 fully saturated rings. The quantitative estimate of drug-likeness (QED) is 0.857. The van der Waals surface area contributed by atoms with Crippen LogP contribution in [0.4, 0.5) is 0 Å². The van der Waals surface area contributed by atoms with Gasteiger partial charge in [0.15, 0.2) is 0 Å². The van der Waals surface area contributed by atoms with Gasteiger partial charge in [-0.3, -0.25) is 9.59 Å². The topological polar surface area (TPSA) is 74.8 Å². The van der Waals surface area contributed by atoms with E-state index in [4.69, 9.17) is 0 Å². The second-order valence-electron chi connectivity index (χ2n) is 6.59. The smallest absolute Gasteiger partial charge is 0.259 e. The van der Waals surface area contributed by atoms with Crippen LogP contribution in [0.5, 0.6) is 0 Å². The lowest BCUT2D eigenvalue weighted by atomic mass is 10.2. The fourth-order valence-corrected chi connectivity index (χ4v) is 5.68. The standard InChI is InChI=1S/C17H21N3O2S2/c21-14(18-10-4-1-2-5-10)9-23-8-13-19-16(22)15-11-6-3-7-12(11)24-17(15)20-13/h10H,1-9H2,(H,18,21)(H,19,20,22). The molecule has 0 radical (unpaired) electrons. The van der Waals surface area contributed by atoms with Crippen molar-refractivity contribution in [3.05, 3.63) is 26.6 Å². The first-order valence-corrected chi connectivity index (χ1v) is 10.6. The molecule has 0 bridgehead atoms. The summed E-state index contributed by atoms with van der Waals surface area (Å²) in [4.78, 5) is 34.0. The third kappa shape index (κ3) is 3.24. The van der Waals surface area contributed by atoms with Gasteiger partial charge < -0.3 is 10.3 Å². The van der Waals surface area contributed by atoms with E-state index < -0.39 is 0 Å². The van der Waals surface area contributed by atoms with Crippen molar-refractivity contribution < 1.29 is 4.79 Å². The molecule has 0 saturated heterocycles. The van der Waals surface area contributed by atoms with E-state index in [9.17, 15) is 9.59 Å². The number of aryl methyl sites for hydroxylation is 2. The molecular weight excluding hydrogens is 342 g/mol. The number of H-pyrrole nitrogens is 1. The summed E-state index contributed by atoms with van der Waals surface area (Å²) >= 11 is 3.16. The zero-order valence-electron chi connectivity index (χ0n) is 13.5. The summed E-state index contributed by atoms with van der Waals surface area (Å²) in [5, 5.41) is 3.87. The first-order valence-electron chi connectivity index (χ1n) is 8.61. The molecule has 2 heterocycles. The Morgan fingerprint density at radius 2 is 2.12 bits per heavy atom. The van der Waals surface area contributed by atoms with E-state index in [0.717, 1.165) is 42.3 Å². The van der Waals surface area contributed by atoms with E-state index in [0.29, 0.717) is 23.4 Å². The Labute approximate surface area is 148 Å². The normalized spacial score (nSPS) is 17.5. The van der Waals surface area contributed by atoms with Crippen molar-refractivity contribution in [2.45, 2.75) is 56.7 Å². The molecule has 2 aromatic heterocycles. The molecule has 4 rings (SSSR count). The van der Waals surface area contributed by atoms with Crippen molar-refractivity contribution in [1.82, 2.24) is 15.3 Å². The number of rotatable bonds is 5. The van der Waals surface area contributed by atoms with Gasteiger partial charge in [-0.2, -0.15) is 0 Å². The number of thiophene rings is 1. The van der Waals surface area contributed by atoms with Gasteiger partial charge in [-0.05, 0) is 37.7 Å². The highest BCUT2D eigenvalue weighted by Gasteiger charge is 2.21. The third-order valence-corrected chi connectivity index (χ3v) is 6.95. The highest BCUT2D eigenvalue weighted by Crippen LogP contribution is 2.34. The molecule has 2 aliphatic carbocycles. The van der Waals surface area contributed by atoms with Crippen LogP contribution in [0.15, 0.2) is 4.79 Å². The maximum absolute atomic E-state index is 12.4. The molecule has 7 heteroatoms. The third-order valence-electron chi connectivity index (χ3n) is 4.82. The minimum Gasteiger partial charge on any atom is -0.353 e. The number of nitrogens with zero attached hydrogens (tertiary/aromatic N) is 1. The fraction of sp³-hybridized carbons (Fsp3) is 0.588. The monoisotopic (exact) mass is 363 g/mol. The van der Waals surface area contributed by atoms with E-state index in [1.54, 1.807) is 11.3 Å². The summed E-state index contributed by atoms with van der Waals surface area (Å²) in [5.41, 5.74) is 1.18. The van der Waals surface area contributed by atoms with Crippen LogP contribution in [0.25, 0.3) is 10.2 Å². The van der Waals surface area contributed by atoms with Crippen LogP contribution < -0.4 is 10.9 Å². The molecule has 128 valence electrons. The minimum atomic E-state index is -0.0228. The first-order chi connectivity index (χ1) is 11.7. The predicted molar refractivity (Wildman–Crippen MR) is 98.8 cm³/mol. The van der Waals surface area contributed by atoms with Crippen LogP contribution in [-0.2, 0) is 23.4 Å². The SMILES string of the molecule is O=C(CSCc1nc2sc3c(c2c(=O)[nH]1)CCC3)NC1CCCC1. The summed E-state index contributed by atoms with van der Waals surface area (Å²) in [6, 6.07) is 0.362. The van der Waals surface area contributed by atoms with E-state index in [-0.39, 0.29) is 11.5 Å². The highest BCUT2D eigenvalue weighted by molar-refractivity contribution is 7.99. The lowest BCUT2D eigenvalue weighted by molar-refractivity contribution is -0.119. The second kappa shape index (κ2) is 6.88. The molecule has 2 N–H and O–H groups in total. The summed E-state index contributed by atoms with van der Waals surface area (Å²) in [6.07, 6.45) is 7.85. The minimum absolute atomic E-state index is 0.0228. The Morgan fingerprint density at radius 3 is 2.96 bits per heavy atom. The van der Waals surface area contributed by atoms with Gasteiger partial charge in [-0.15, -0.1) is 23.1 Å². The molecule has 2 aromatic rings. The Bertz CT molecular complexity index is 821. The van der Waals surface area contributed by atoms with Crippen molar-refractivity contribution in [3.63, 3.8) is 0 Å². The summed E-state index contributed by atoms with van der Waals surface area (Å²) in [5.74, 6) is 1.74. The molecule has 24 heavy (non-hydrogen) atoms. The maximum Gasteiger partial charge on any atom is 0.259 e. The highest BCUT2D eigenvalue weighted by atomic mass is 32.2. The molecule has 1 amide bonds. The summed E-state index contributed by atoms with van der Waals surface area (Å²) in [7, 11) is 0. The summed E-state index contributed by atoms with van der Waals surface area (Å²) < 4.78 is 0. The van der Waals surface area contributed by atoms with E-state index in [2.05, 4.69) is 15.3 Å². The average molecular weight is 364 g/mol. The van der Waals surface area contributed by atoms with E-state index in [1.165, 1.54) is 35.0 Å². The molecule has 0 aliphatic heterocycles. The van der Waals surface area contributed by atoms with E-state index in [1.807, 2.05) is 0 Å². The lowest BCUT2D eigenvalue weighted by Crippen LogP contribution is -2.33. The van der Waals surface area contributed by atoms with Gasteiger partial charge in [-0.25, -0.2) is 4.98 Å². The van der Waals surface area contributed by atoms with Crippen LogP contribution >= 0.6 is 23.1 Å². The lowest BCUT2D eigenvalue weighted by Gasteiger charge is -2.11. The van der Waals surface area contributed by atoms with Crippen LogP contribution in [0.1, 0.15) is 48.4 Å². The Kier molecular flexibility index (Phi) is 4.63. The number of thioether (sulfide) groups is 1. The first kappa shape index (κ1) is 16.1. The molecule has 1 saturated carbocycles. The van der Waals surface area contributed by atoms with Crippen molar-refractivity contribution >= 4 is 39.2 Å². The molecule has 2 aliphatic rings. The predicted octanol–water partition coefficient (Wildman–Crippen LogP) is 2.77. The van der Waals surface area contributed by atoms with Crippen LogP contribution in [0, 0.1) is 0 Å². The van der Waals surface area contributed by atoms with E-state index >= 15 is 0 Å². The van der Waals surface area contributed by atoms with Gasteiger partial charge in [0.05, 0.1) is 16.9 Å². The Hall–Kier alpha value is -1.34. The van der Waals surface area contributed by atoms with Crippen LogP contribution in [-0.4, -0.2) is 27.7 Å². The number of hydrogen-bond donors (Lipinski definition) is 2. The largest absolute Gasteiger partial charge is 0.353 e. The van der Waals surface area contributed by atoms with Gasteiger partial charge in [0.1, 0.15) is 10.7 Å². The van der Waals surface area contributed by atoms with Gasteiger partial charge >= 0.3 is 0 Å². The molecule has 0 atom stereocenters. The van der Waals surface area contributed by atoms with Crippen molar-refractivity contribution in [2.75, 3.05) is 5.75 Å². The number of aromatic amines is 1. The zero-order valence-corrected chi connectivity index (χ0v) is 15.2. The molecule has 0 aromatic carbocycles. The van der Waals surface area contributed by atoms with Gasteiger partial charge in [0.25, 0.3) is 5.56 Å². The number of fused-ring (bicyclic) bond motifs is 3. The molecule has 0 unspecified atom stereocenters. The number of carbonyl (C=O) groups is 1. The van der Waals surface area contributed by atoms with Crippen molar-refractivity contribution in [3.8, 4) is 0 Å². The van der Waals surface area contributed by atoms with Crippen LogP contribution in [0.2, 0.25) is 0 Å². The van der Waals surface area contributed by atoms with Crippen molar-refractivity contribution in [2.24, 2.45) is 0 Å². The number of hydrogen-bond acceptors (Lipinski definition) is 5. The number of nitrogens with one attached hydrogen (secondary N) is 2. The number of amides is 1. The van der Waals surface area contributed by atoms with Gasteiger partial charge in [0, 0.05) is 10.9 Å². The Morgan fingerprint density at radius 1 is 1.29 bits per heavy atom. The molecule has 0 spiro atoms.